The highest BCUT2D eigenvalue weighted by atomic mass is 16.5. The number of rotatable bonds is 7. The summed E-state index contributed by atoms with van der Waals surface area (Å²) < 4.78 is 5.10. The lowest BCUT2D eigenvalue weighted by atomic mass is 9.91. The van der Waals surface area contributed by atoms with Crippen LogP contribution < -0.4 is 5.32 Å². The maximum Gasteiger partial charge on any atom is 0.0462 e. The van der Waals surface area contributed by atoms with Gasteiger partial charge in [-0.1, -0.05) is 0 Å². The highest BCUT2D eigenvalue weighted by Gasteiger charge is 2.44. The number of piperazine rings is 1. The SMILES string of the molecule is COCCCCCN1CC(C)(C2CC2)NCC1C. The summed E-state index contributed by atoms with van der Waals surface area (Å²) in [6, 6.07) is 0.694. The molecule has 3 heteroatoms. The average Bonchev–Trinajstić information content (AvgIpc) is 3.18. The molecule has 18 heavy (non-hydrogen) atoms. The molecular weight excluding hydrogens is 224 g/mol. The maximum atomic E-state index is 5.10. The zero-order chi connectivity index (χ0) is 13.0. The van der Waals surface area contributed by atoms with E-state index < -0.39 is 0 Å². The highest BCUT2D eigenvalue weighted by Crippen LogP contribution is 2.41. The minimum Gasteiger partial charge on any atom is -0.385 e. The summed E-state index contributed by atoms with van der Waals surface area (Å²) in [6.07, 6.45) is 6.68. The van der Waals surface area contributed by atoms with Crippen LogP contribution in [0.25, 0.3) is 0 Å². The minimum absolute atomic E-state index is 0.388. The number of nitrogens with zero attached hydrogens (tertiary/aromatic N) is 1. The maximum absolute atomic E-state index is 5.10. The van der Waals surface area contributed by atoms with E-state index in [0.29, 0.717) is 11.6 Å². The lowest BCUT2D eigenvalue weighted by Gasteiger charge is -2.45. The summed E-state index contributed by atoms with van der Waals surface area (Å²) in [5.41, 5.74) is 0.388. The highest BCUT2D eigenvalue weighted by molar-refractivity contribution is 5.03. The zero-order valence-corrected chi connectivity index (χ0v) is 12.4. The van der Waals surface area contributed by atoms with Crippen molar-refractivity contribution >= 4 is 0 Å². The molecule has 1 saturated carbocycles. The van der Waals surface area contributed by atoms with Crippen LogP contribution in [0.3, 0.4) is 0 Å². The van der Waals surface area contributed by atoms with Gasteiger partial charge in [-0.05, 0) is 58.4 Å². The molecule has 2 unspecified atom stereocenters. The van der Waals surface area contributed by atoms with Gasteiger partial charge in [-0.25, -0.2) is 0 Å². The van der Waals surface area contributed by atoms with Gasteiger partial charge in [-0.3, -0.25) is 4.90 Å². The van der Waals surface area contributed by atoms with Crippen LogP contribution in [0.4, 0.5) is 0 Å². The monoisotopic (exact) mass is 254 g/mol. The third-order valence-corrected chi connectivity index (χ3v) is 4.73. The van der Waals surface area contributed by atoms with Crippen molar-refractivity contribution in [2.75, 3.05) is 33.4 Å². The first-order chi connectivity index (χ1) is 8.65. The Hall–Kier alpha value is -0.120. The van der Waals surface area contributed by atoms with Crippen molar-refractivity contribution < 1.29 is 4.74 Å². The van der Waals surface area contributed by atoms with Gasteiger partial charge < -0.3 is 10.1 Å². The fourth-order valence-corrected chi connectivity index (χ4v) is 3.18. The van der Waals surface area contributed by atoms with E-state index in [0.717, 1.165) is 19.1 Å². The van der Waals surface area contributed by atoms with Gasteiger partial charge in [0.1, 0.15) is 0 Å². The van der Waals surface area contributed by atoms with Crippen LogP contribution in [0.5, 0.6) is 0 Å². The minimum atomic E-state index is 0.388. The first-order valence-corrected chi connectivity index (χ1v) is 7.64. The number of methoxy groups -OCH3 is 1. The van der Waals surface area contributed by atoms with Crippen molar-refractivity contribution in [1.29, 1.82) is 0 Å². The Bertz CT molecular complexity index is 255. The topological polar surface area (TPSA) is 24.5 Å². The second-order valence-corrected chi connectivity index (χ2v) is 6.45. The standard InChI is InChI=1S/C15H30N2O/c1-13-11-16-15(2,14-7-8-14)12-17(13)9-5-4-6-10-18-3/h13-14,16H,4-12H2,1-3H3. The van der Waals surface area contributed by atoms with Crippen LogP contribution in [0, 0.1) is 5.92 Å². The molecule has 106 valence electrons. The van der Waals surface area contributed by atoms with E-state index in [4.69, 9.17) is 4.74 Å². The van der Waals surface area contributed by atoms with Crippen molar-refractivity contribution in [3.05, 3.63) is 0 Å². The number of unbranched alkanes of at least 4 members (excludes halogenated alkanes) is 2. The molecule has 1 aliphatic carbocycles. The summed E-state index contributed by atoms with van der Waals surface area (Å²) in [7, 11) is 1.79. The number of hydrogen-bond acceptors (Lipinski definition) is 3. The summed E-state index contributed by atoms with van der Waals surface area (Å²) in [6.45, 7) is 9.35. The number of nitrogens with one attached hydrogen (secondary N) is 1. The Morgan fingerprint density at radius 1 is 1.28 bits per heavy atom. The third kappa shape index (κ3) is 3.69. The fourth-order valence-electron chi connectivity index (χ4n) is 3.18. The Morgan fingerprint density at radius 2 is 2.06 bits per heavy atom. The van der Waals surface area contributed by atoms with Gasteiger partial charge >= 0.3 is 0 Å². The Morgan fingerprint density at radius 3 is 2.72 bits per heavy atom. The fraction of sp³-hybridized carbons (Fsp3) is 1.00. The van der Waals surface area contributed by atoms with Crippen LogP contribution in [0.2, 0.25) is 0 Å². The van der Waals surface area contributed by atoms with Gasteiger partial charge in [0.25, 0.3) is 0 Å². The third-order valence-electron chi connectivity index (χ3n) is 4.73. The van der Waals surface area contributed by atoms with Crippen LogP contribution in [0.1, 0.15) is 46.0 Å². The average molecular weight is 254 g/mol. The molecular formula is C15H30N2O. The quantitative estimate of drug-likeness (QED) is 0.705. The van der Waals surface area contributed by atoms with E-state index in [1.807, 2.05) is 0 Å². The van der Waals surface area contributed by atoms with E-state index in [1.54, 1.807) is 7.11 Å². The molecule has 1 saturated heterocycles. The molecule has 0 radical (unpaired) electrons. The molecule has 2 aliphatic rings. The predicted octanol–water partition coefficient (Wildman–Crippen LogP) is 2.27. The Labute approximate surface area is 112 Å². The first-order valence-electron chi connectivity index (χ1n) is 7.64. The summed E-state index contributed by atoms with van der Waals surface area (Å²) in [4.78, 5) is 2.70. The van der Waals surface area contributed by atoms with Crippen LogP contribution in [0.15, 0.2) is 0 Å². The summed E-state index contributed by atoms with van der Waals surface area (Å²) in [5.74, 6) is 0.931. The van der Waals surface area contributed by atoms with Gasteiger partial charge in [0.15, 0.2) is 0 Å². The van der Waals surface area contributed by atoms with Gasteiger partial charge in [0, 0.05) is 38.4 Å². The summed E-state index contributed by atoms with van der Waals surface area (Å²) in [5, 5.41) is 3.79. The Kier molecular flexibility index (Phi) is 5.05. The van der Waals surface area contributed by atoms with Gasteiger partial charge in [0.05, 0.1) is 0 Å². The normalized spacial score (nSPS) is 33.8. The molecule has 0 spiro atoms. The van der Waals surface area contributed by atoms with Crippen molar-refractivity contribution in [1.82, 2.24) is 10.2 Å². The molecule has 1 N–H and O–H groups in total. The van der Waals surface area contributed by atoms with Crippen molar-refractivity contribution in [3.8, 4) is 0 Å². The lowest BCUT2D eigenvalue weighted by molar-refractivity contribution is 0.0810. The van der Waals surface area contributed by atoms with E-state index in [9.17, 15) is 0 Å². The molecule has 0 aromatic carbocycles. The van der Waals surface area contributed by atoms with Gasteiger partial charge in [-0.15, -0.1) is 0 Å². The van der Waals surface area contributed by atoms with Crippen LogP contribution >= 0.6 is 0 Å². The molecule has 2 rings (SSSR count). The van der Waals surface area contributed by atoms with Crippen molar-refractivity contribution in [2.45, 2.75) is 57.5 Å². The molecule has 1 aliphatic heterocycles. The smallest absolute Gasteiger partial charge is 0.0462 e. The van der Waals surface area contributed by atoms with Crippen molar-refractivity contribution in [2.24, 2.45) is 5.92 Å². The van der Waals surface area contributed by atoms with E-state index in [-0.39, 0.29) is 0 Å². The first kappa shape index (κ1) is 14.3. The van der Waals surface area contributed by atoms with Crippen molar-refractivity contribution in [3.63, 3.8) is 0 Å². The van der Waals surface area contributed by atoms with E-state index >= 15 is 0 Å². The molecule has 2 fully saturated rings. The predicted molar refractivity (Wildman–Crippen MR) is 75.9 cm³/mol. The van der Waals surface area contributed by atoms with Gasteiger partial charge in [-0.2, -0.15) is 0 Å². The Balaban J connectivity index is 1.72. The second kappa shape index (κ2) is 6.36. The van der Waals surface area contributed by atoms with E-state index in [1.165, 1.54) is 45.2 Å². The van der Waals surface area contributed by atoms with E-state index in [2.05, 4.69) is 24.1 Å². The molecule has 1 heterocycles. The molecule has 0 amide bonds. The molecule has 0 bridgehead atoms. The largest absolute Gasteiger partial charge is 0.385 e. The molecule has 0 aromatic heterocycles. The molecule has 2 atom stereocenters. The lowest BCUT2D eigenvalue weighted by Crippen LogP contribution is -2.63. The van der Waals surface area contributed by atoms with Crippen LogP contribution in [-0.2, 0) is 4.74 Å². The molecule has 0 aromatic rings. The number of ether oxygens (including phenoxy) is 1. The molecule has 3 nitrogen and oxygen atoms in total. The summed E-state index contributed by atoms with van der Waals surface area (Å²) >= 11 is 0. The van der Waals surface area contributed by atoms with Gasteiger partial charge in [0.2, 0.25) is 0 Å². The second-order valence-electron chi connectivity index (χ2n) is 6.45. The zero-order valence-electron chi connectivity index (χ0n) is 12.4. The van der Waals surface area contributed by atoms with Crippen LogP contribution in [-0.4, -0.2) is 49.8 Å². The number of hydrogen-bond donors (Lipinski definition) is 1.